The van der Waals surface area contributed by atoms with Crippen LogP contribution in [0.1, 0.15) is 30.1 Å². The average Bonchev–Trinajstić information content (AvgIpc) is 3.16. The van der Waals surface area contributed by atoms with Crippen LogP contribution in [0.25, 0.3) is 22.4 Å². The van der Waals surface area contributed by atoms with E-state index in [0.29, 0.717) is 0 Å². The Balaban J connectivity index is 1.87. The Morgan fingerprint density at radius 1 is 1.19 bits per heavy atom. The molecule has 1 atom stereocenters. The van der Waals surface area contributed by atoms with Crippen LogP contribution < -0.4 is 0 Å². The second-order valence-electron chi connectivity index (χ2n) is 5.69. The van der Waals surface area contributed by atoms with Crippen molar-refractivity contribution in [3.8, 4) is 11.4 Å². The molecule has 0 radical (unpaired) electrons. The van der Waals surface area contributed by atoms with Crippen LogP contribution in [0.15, 0.2) is 42.5 Å². The number of para-hydroxylation sites is 2. The lowest BCUT2D eigenvalue weighted by Crippen LogP contribution is -2.00. The first kappa shape index (κ1) is 12.6. The van der Waals surface area contributed by atoms with Gasteiger partial charge >= 0.3 is 0 Å². The number of fused-ring (bicyclic) bond motifs is 1. The highest BCUT2D eigenvalue weighted by atomic mass is 16.5. The summed E-state index contributed by atoms with van der Waals surface area (Å²) >= 11 is 0. The molecule has 1 fully saturated rings. The van der Waals surface area contributed by atoms with E-state index >= 15 is 0 Å². The Morgan fingerprint density at radius 3 is 2.90 bits per heavy atom. The maximum absolute atomic E-state index is 5.87. The van der Waals surface area contributed by atoms with Gasteiger partial charge in [0.1, 0.15) is 5.82 Å². The number of hydrogen-bond donors (Lipinski definition) is 1. The third-order valence-corrected chi connectivity index (χ3v) is 4.13. The van der Waals surface area contributed by atoms with Crippen LogP contribution in [-0.2, 0) is 4.74 Å². The number of rotatable bonds is 2. The quantitative estimate of drug-likeness (QED) is 0.755. The molecule has 0 unspecified atom stereocenters. The van der Waals surface area contributed by atoms with Gasteiger partial charge in [0, 0.05) is 12.2 Å². The minimum atomic E-state index is 0.203. The fourth-order valence-corrected chi connectivity index (χ4v) is 3.06. The molecule has 1 aliphatic rings. The van der Waals surface area contributed by atoms with Gasteiger partial charge in [-0.3, -0.25) is 0 Å². The maximum atomic E-state index is 5.87. The summed E-state index contributed by atoms with van der Waals surface area (Å²) in [6, 6.07) is 14.7. The first-order chi connectivity index (χ1) is 10.3. The van der Waals surface area contributed by atoms with Crippen molar-refractivity contribution < 1.29 is 4.74 Å². The number of hydrogen-bond acceptors (Lipinski definition) is 2. The van der Waals surface area contributed by atoms with E-state index in [2.05, 4.69) is 36.2 Å². The van der Waals surface area contributed by atoms with Crippen molar-refractivity contribution in [3.63, 3.8) is 0 Å². The van der Waals surface area contributed by atoms with Gasteiger partial charge in [-0.2, -0.15) is 0 Å². The van der Waals surface area contributed by atoms with Crippen molar-refractivity contribution in [1.29, 1.82) is 0 Å². The molecule has 3 aromatic rings. The molecule has 0 amide bonds. The summed E-state index contributed by atoms with van der Waals surface area (Å²) in [5, 5.41) is 0. The molecule has 2 aromatic carbocycles. The summed E-state index contributed by atoms with van der Waals surface area (Å²) in [7, 11) is 0. The smallest absolute Gasteiger partial charge is 0.138 e. The molecule has 0 spiro atoms. The van der Waals surface area contributed by atoms with Gasteiger partial charge in [-0.1, -0.05) is 29.8 Å². The summed E-state index contributed by atoms with van der Waals surface area (Å²) in [4.78, 5) is 8.18. The molecule has 1 aliphatic heterocycles. The van der Waals surface area contributed by atoms with Crippen molar-refractivity contribution in [1.82, 2.24) is 9.97 Å². The molecule has 2 heterocycles. The number of nitrogens with one attached hydrogen (secondary N) is 1. The van der Waals surface area contributed by atoms with Gasteiger partial charge in [-0.05, 0) is 43.5 Å². The highest BCUT2D eigenvalue weighted by Gasteiger charge is 2.22. The van der Waals surface area contributed by atoms with Crippen molar-refractivity contribution >= 4 is 11.0 Å². The lowest BCUT2D eigenvalue weighted by Gasteiger charge is -2.14. The Morgan fingerprint density at radius 2 is 2.10 bits per heavy atom. The van der Waals surface area contributed by atoms with E-state index in [1.165, 1.54) is 11.1 Å². The molecule has 4 rings (SSSR count). The summed E-state index contributed by atoms with van der Waals surface area (Å²) in [5.41, 5.74) is 5.74. The number of aromatic nitrogens is 2. The number of imidazole rings is 1. The number of benzene rings is 2. The van der Waals surface area contributed by atoms with E-state index in [0.717, 1.165) is 41.9 Å². The van der Waals surface area contributed by atoms with Crippen LogP contribution in [-0.4, -0.2) is 16.6 Å². The van der Waals surface area contributed by atoms with Gasteiger partial charge in [0.25, 0.3) is 0 Å². The fraction of sp³-hybridized carbons (Fsp3) is 0.278. The molecule has 0 saturated carbocycles. The van der Waals surface area contributed by atoms with Crippen LogP contribution in [0.4, 0.5) is 0 Å². The normalized spacial score (nSPS) is 18.4. The molecule has 1 saturated heterocycles. The van der Waals surface area contributed by atoms with Crippen molar-refractivity contribution in [2.24, 2.45) is 0 Å². The van der Waals surface area contributed by atoms with Crippen LogP contribution in [0.5, 0.6) is 0 Å². The Bertz CT molecular complexity index is 752. The second-order valence-corrected chi connectivity index (χ2v) is 5.69. The van der Waals surface area contributed by atoms with Gasteiger partial charge in [-0.25, -0.2) is 4.98 Å². The van der Waals surface area contributed by atoms with Gasteiger partial charge in [-0.15, -0.1) is 0 Å². The number of ether oxygens (including phenoxy) is 1. The summed E-state index contributed by atoms with van der Waals surface area (Å²) < 4.78 is 5.87. The summed E-state index contributed by atoms with van der Waals surface area (Å²) in [6.07, 6.45) is 2.43. The van der Waals surface area contributed by atoms with E-state index in [4.69, 9.17) is 9.72 Å². The minimum Gasteiger partial charge on any atom is -0.374 e. The Labute approximate surface area is 124 Å². The second kappa shape index (κ2) is 5.01. The lowest BCUT2D eigenvalue weighted by atomic mass is 9.98. The third kappa shape index (κ3) is 2.24. The molecular weight excluding hydrogens is 260 g/mol. The number of H-pyrrole nitrogens is 1. The predicted molar refractivity (Wildman–Crippen MR) is 84.2 cm³/mol. The monoisotopic (exact) mass is 278 g/mol. The molecule has 106 valence electrons. The molecule has 1 N–H and O–H groups in total. The van der Waals surface area contributed by atoms with Crippen LogP contribution in [0.3, 0.4) is 0 Å². The van der Waals surface area contributed by atoms with Crippen LogP contribution in [0, 0.1) is 6.92 Å². The molecular formula is C18H18N2O. The highest BCUT2D eigenvalue weighted by molar-refractivity contribution is 5.80. The number of aromatic amines is 1. The molecule has 21 heavy (non-hydrogen) atoms. The lowest BCUT2D eigenvalue weighted by molar-refractivity contribution is 0.112. The number of nitrogens with zero attached hydrogens (tertiary/aromatic N) is 1. The van der Waals surface area contributed by atoms with E-state index in [1.807, 2.05) is 18.2 Å². The van der Waals surface area contributed by atoms with E-state index in [-0.39, 0.29) is 6.10 Å². The largest absolute Gasteiger partial charge is 0.374 e. The maximum Gasteiger partial charge on any atom is 0.138 e. The van der Waals surface area contributed by atoms with Gasteiger partial charge in [0.2, 0.25) is 0 Å². The topological polar surface area (TPSA) is 37.9 Å². The SMILES string of the molecule is Cc1ccc([C@@H]2CCCO2)c(-c2nc3ccccc3[nH]2)c1. The average molecular weight is 278 g/mol. The Hall–Kier alpha value is -2.13. The van der Waals surface area contributed by atoms with E-state index in [1.54, 1.807) is 0 Å². The molecule has 0 aliphatic carbocycles. The fourth-order valence-electron chi connectivity index (χ4n) is 3.06. The van der Waals surface area contributed by atoms with Crippen molar-refractivity contribution in [2.45, 2.75) is 25.9 Å². The number of aryl methyl sites for hydroxylation is 1. The van der Waals surface area contributed by atoms with Crippen molar-refractivity contribution in [2.75, 3.05) is 6.61 Å². The standard InChI is InChI=1S/C18H18N2O/c1-12-8-9-13(17-7-4-10-21-17)14(11-12)18-19-15-5-2-3-6-16(15)20-18/h2-3,5-6,8-9,11,17H,4,7,10H2,1H3,(H,19,20)/t17-/m0/s1. The third-order valence-electron chi connectivity index (χ3n) is 4.13. The molecule has 3 nitrogen and oxygen atoms in total. The van der Waals surface area contributed by atoms with E-state index < -0.39 is 0 Å². The van der Waals surface area contributed by atoms with Crippen LogP contribution >= 0.6 is 0 Å². The zero-order valence-corrected chi connectivity index (χ0v) is 12.1. The van der Waals surface area contributed by atoms with Crippen molar-refractivity contribution in [3.05, 3.63) is 53.6 Å². The van der Waals surface area contributed by atoms with Gasteiger partial charge in [0.05, 0.1) is 17.1 Å². The molecule has 3 heteroatoms. The summed E-state index contributed by atoms with van der Waals surface area (Å²) in [5.74, 6) is 0.936. The minimum absolute atomic E-state index is 0.203. The van der Waals surface area contributed by atoms with Crippen LogP contribution in [0.2, 0.25) is 0 Å². The zero-order chi connectivity index (χ0) is 14.2. The summed E-state index contributed by atoms with van der Waals surface area (Å²) in [6.45, 7) is 2.98. The first-order valence-electron chi connectivity index (χ1n) is 7.48. The molecule has 0 bridgehead atoms. The zero-order valence-electron chi connectivity index (χ0n) is 12.1. The highest BCUT2D eigenvalue weighted by Crippen LogP contribution is 2.35. The predicted octanol–water partition coefficient (Wildman–Crippen LogP) is 4.39. The van der Waals surface area contributed by atoms with Gasteiger partial charge in [0.15, 0.2) is 0 Å². The van der Waals surface area contributed by atoms with Gasteiger partial charge < -0.3 is 9.72 Å². The molecule has 1 aromatic heterocycles. The Kier molecular flexibility index (Phi) is 3.00. The first-order valence-corrected chi connectivity index (χ1v) is 7.48. The van der Waals surface area contributed by atoms with E-state index in [9.17, 15) is 0 Å².